The van der Waals surface area contributed by atoms with Crippen molar-refractivity contribution >= 4 is 75.4 Å². The summed E-state index contributed by atoms with van der Waals surface area (Å²) in [7, 11) is 0. The van der Waals surface area contributed by atoms with Crippen LogP contribution in [0.4, 0.5) is 10.5 Å². The van der Waals surface area contributed by atoms with Gasteiger partial charge in [-0.2, -0.15) is 0 Å². The van der Waals surface area contributed by atoms with Crippen LogP contribution in [-0.2, 0) is 16.2 Å². The molecule has 4 rings (SSSR count). The molecule has 178 valence electrons. The summed E-state index contributed by atoms with van der Waals surface area (Å²) in [5.41, 5.74) is 1.82. The van der Waals surface area contributed by atoms with Crippen molar-refractivity contribution in [3.8, 4) is 5.75 Å². The molecule has 3 amide bonds. The number of hydrogen-bond donors (Lipinski definition) is 1. The highest BCUT2D eigenvalue weighted by atomic mass is 35.5. The number of carbonyl (C=O) groups is 3. The maximum Gasteiger partial charge on any atom is 0.294 e. The van der Waals surface area contributed by atoms with E-state index in [-0.39, 0.29) is 11.5 Å². The fraction of sp³-hybridized carbons (Fsp3) is 0.0800. The van der Waals surface area contributed by atoms with E-state index in [1.54, 1.807) is 72.8 Å². The second-order valence-corrected chi connectivity index (χ2v) is 9.66. The first-order chi connectivity index (χ1) is 16.8. The van der Waals surface area contributed by atoms with Crippen molar-refractivity contribution in [2.75, 3.05) is 11.9 Å². The van der Waals surface area contributed by atoms with E-state index in [0.29, 0.717) is 32.1 Å². The first-order valence-corrected chi connectivity index (χ1v) is 12.2. The molecule has 1 aliphatic rings. The van der Waals surface area contributed by atoms with Gasteiger partial charge >= 0.3 is 0 Å². The van der Waals surface area contributed by atoms with Crippen LogP contribution in [0.25, 0.3) is 6.08 Å². The molecular weight excluding hydrogens is 531 g/mol. The van der Waals surface area contributed by atoms with E-state index in [9.17, 15) is 14.4 Å². The molecule has 0 aromatic heterocycles. The van der Waals surface area contributed by atoms with E-state index in [0.717, 1.165) is 22.2 Å². The van der Waals surface area contributed by atoms with Gasteiger partial charge in [0.05, 0.1) is 4.91 Å². The first kappa shape index (κ1) is 25.1. The lowest BCUT2D eigenvalue weighted by atomic mass is 10.1. The monoisotopic (exact) mass is 546 g/mol. The number of nitrogens with zero attached hydrogens (tertiary/aromatic N) is 1. The summed E-state index contributed by atoms with van der Waals surface area (Å²) in [6.07, 6.45) is 1.57. The molecule has 1 heterocycles. The number of halogens is 3. The second kappa shape index (κ2) is 11.2. The number of hydrogen-bond acceptors (Lipinski definition) is 5. The molecule has 1 N–H and O–H groups in total. The molecule has 0 bridgehead atoms. The van der Waals surface area contributed by atoms with E-state index in [4.69, 9.17) is 39.5 Å². The molecule has 3 aromatic rings. The normalized spacial score (nSPS) is 14.5. The largest absolute Gasteiger partial charge is 0.488 e. The lowest BCUT2D eigenvalue weighted by Gasteiger charge is -2.13. The zero-order chi connectivity index (χ0) is 24.9. The van der Waals surface area contributed by atoms with E-state index in [1.807, 2.05) is 0 Å². The summed E-state index contributed by atoms with van der Waals surface area (Å²) < 4.78 is 5.92. The van der Waals surface area contributed by atoms with Gasteiger partial charge in [-0.3, -0.25) is 19.3 Å². The van der Waals surface area contributed by atoms with Crippen molar-refractivity contribution < 1.29 is 19.1 Å². The number of carbonyl (C=O) groups excluding carboxylic acids is 3. The average Bonchev–Trinajstić information content (AvgIpc) is 3.06. The second-order valence-electron chi connectivity index (χ2n) is 7.39. The molecule has 0 unspecified atom stereocenters. The number of thioether (sulfide) groups is 1. The Morgan fingerprint density at radius 1 is 0.971 bits per heavy atom. The van der Waals surface area contributed by atoms with Crippen LogP contribution in [0.5, 0.6) is 5.75 Å². The van der Waals surface area contributed by atoms with Gasteiger partial charge in [0.1, 0.15) is 18.9 Å². The van der Waals surface area contributed by atoms with Crippen molar-refractivity contribution in [3.05, 3.63) is 97.8 Å². The fourth-order valence-corrected chi connectivity index (χ4v) is 4.70. The van der Waals surface area contributed by atoms with Gasteiger partial charge in [0.25, 0.3) is 11.1 Å². The highest BCUT2D eigenvalue weighted by Crippen LogP contribution is 2.34. The number of amides is 3. The minimum Gasteiger partial charge on any atom is -0.488 e. The van der Waals surface area contributed by atoms with Gasteiger partial charge in [0.2, 0.25) is 5.91 Å². The smallest absolute Gasteiger partial charge is 0.294 e. The Bertz CT molecular complexity index is 1350. The zero-order valence-corrected chi connectivity index (χ0v) is 21.0. The Morgan fingerprint density at radius 3 is 2.51 bits per heavy atom. The van der Waals surface area contributed by atoms with Gasteiger partial charge in [-0.15, -0.1) is 0 Å². The molecule has 1 aliphatic heterocycles. The molecule has 0 aliphatic carbocycles. The molecule has 6 nitrogen and oxygen atoms in total. The lowest BCUT2D eigenvalue weighted by molar-refractivity contribution is -0.127. The summed E-state index contributed by atoms with van der Waals surface area (Å²) in [4.78, 5) is 38.8. The molecule has 1 fully saturated rings. The third-order valence-corrected chi connectivity index (χ3v) is 6.62. The molecule has 3 aromatic carbocycles. The third-order valence-electron chi connectivity index (χ3n) is 4.89. The first-order valence-electron chi connectivity index (χ1n) is 10.3. The molecule has 10 heteroatoms. The Kier molecular flexibility index (Phi) is 8.03. The summed E-state index contributed by atoms with van der Waals surface area (Å²) in [5, 5.41) is 3.55. The van der Waals surface area contributed by atoms with Crippen LogP contribution in [-0.4, -0.2) is 28.5 Å². The summed E-state index contributed by atoms with van der Waals surface area (Å²) >= 11 is 18.8. The van der Waals surface area contributed by atoms with E-state index < -0.39 is 23.6 Å². The van der Waals surface area contributed by atoms with Crippen LogP contribution < -0.4 is 10.1 Å². The minimum atomic E-state index is -0.559. The van der Waals surface area contributed by atoms with Crippen molar-refractivity contribution in [2.45, 2.75) is 6.61 Å². The number of rotatable bonds is 7. The zero-order valence-electron chi connectivity index (χ0n) is 18.0. The van der Waals surface area contributed by atoms with Gasteiger partial charge in [0, 0.05) is 31.9 Å². The van der Waals surface area contributed by atoms with E-state index in [2.05, 4.69) is 5.32 Å². The Morgan fingerprint density at radius 2 is 1.74 bits per heavy atom. The number of imide groups is 1. The maximum atomic E-state index is 12.9. The SMILES string of the molecule is O=C(CN1C(=O)S/C(=C/c2ccccc2OCc2ccc(Cl)cc2Cl)C1=O)Nc1cccc(Cl)c1. The van der Waals surface area contributed by atoms with Crippen molar-refractivity contribution in [1.82, 2.24) is 4.90 Å². The molecule has 0 spiro atoms. The standard InChI is InChI=1S/C25H17Cl3N2O4S/c26-17-5-3-6-19(11-17)29-23(31)13-30-24(32)22(35-25(30)33)10-15-4-1-2-7-21(15)34-14-16-8-9-18(27)12-20(16)28/h1-12H,13-14H2,(H,29,31)/b22-10+. The molecule has 35 heavy (non-hydrogen) atoms. The molecule has 1 saturated heterocycles. The average molecular weight is 548 g/mol. The van der Waals surface area contributed by atoms with Crippen LogP contribution in [0.3, 0.4) is 0 Å². The van der Waals surface area contributed by atoms with Gasteiger partial charge in [0.15, 0.2) is 0 Å². The Balaban J connectivity index is 1.46. The van der Waals surface area contributed by atoms with E-state index >= 15 is 0 Å². The van der Waals surface area contributed by atoms with Crippen LogP contribution in [0, 0.1) is 0 Å². The number of para-hydroxylation sites is 1. The van der Waals surface area contributed by atoms with Gasteiger partial charge in [-0.05, 0) is 54.2 Å². The predicted molar refractivity (Wildman–Crippen MR) is 140 cm³/mol. The van der Waals surface area contributed by atoms with Crippen molar-refractivity contribution in [3.63, 3.8) is 0 Å². The minimum absolute atomic E-state index is 0.186. The number of ether oxygens (including phenoxy) is 1. The van der Waals surface area contributed by atoms with Crippen LogP contribution >= 0.6 is 46.6 Å². The topological polar surface area (TPSA) is 75.7 Å². The highest BCUT2D eigenvalue weighted by Gasteiger charge is 2.36. The summed E-state index contributed by atoms with van der Waals surface area (Å²) in [5.74, 6) is -0.569. The third kappa shape index (κ3) is 6.38. The Labute approximate surface area is 220 Å². The van der Waals surface area contributed by atoms with E-state index in [1.165, 1.54) is 0 Å². The molecule has 0 saturated carbocycles. The quantitative estimate of drug-likeness (QED) is 0.326. The van der Waals surface area contributed by atoms with Gasteiger partial charge < -0.3 is 10.1 Å². The van der Waals surface area contributed by atoms with Gasteiger partial charge in [-0.1, -0.05) is 65.1 Å². The Hall–Kier alpha value is -2.97. The lowest BCUT2D eigenvalue weighted by Crippen LogP contribution is -2.36. The van der Waals surface area contributed by atoms with Crippen LogP contribution in [0.1, 0.15) is 11.1 Å². The molecular formula is C25H17Cl3N2O4S. The molecule has 0 atom stereocenters. The fourth-order valence-electron chi connectivity index (χ4n) is 3.21. The van der Waals surface area contributed by atoms with Crippen molar-refractivity contribution in [2.24, 2.45) is 0 Å². The molecule has 0 radical (unpaired) electrons. The van der Waals surface area contributed by atoms with Gasteiger partial charge in [-0.25, -0.2) is 0 Å². The van der Waals surface area contributed by atoms with Crippen LogP contribution in [0.2, 0.25) is 15.1 Å². The highest BCUT2D eigenvalue weighted by molar-refractivity contribution is 8.18. The summed E-state index contributed by atoms with van der Waals surface area (Å²) in [6.45, 7) is -0.228. The maximum absolute atomic E-state index is 12.9. The van der Waals surface area contributed by atoms with Crippen LogP contribution in [0.15, 0.2) is 71.6 Å². The number of anilines is 1. The predicted octanol–water partition coefficient (Wildman–Crippen LogP) is 6.90. The van der Waals surface area contributed by atoms with Crippen molar-refractivity contribution in [1.29, 1.82) is 0 Å². The summed E-state index contributed by atoms with van der Waals surface area (Å²) in [6, 6.07) is 18.8. The number of nitrogens with one attached hydrogen (secondary N) is 1. The number of benzene rings is 3.